The molecule has 31 heavy (non-hydrogen) atoms. The average Bonchev–Trinajstić information content (AvgIpc) is 2.75. The number of carbonyl (C=O) groups excluding carboxylic acids is 2. The van der Waals surface area contributed by atoms with E-state index in [-0.39, 0.29) is 18.0 Å². The largest absolute Gasteiger partial charge is 0.466 e. The summed E-state index contributed by atoms with van der Waals surface area (Å²) in [5, 5.41) is 0. The number of hydrogen-bond donors (Lipinski definition) is 0. The van der Waals surface area contributed by atoms with Gasteiger partial charge in [-0.25, -0.2) is 0 Å². The van der Waals surface area contributed by atoms with Crippen molar-refractivity contribution in [2.24, 2.45) is 0 Å². The van der Waals surface area contributed by atoms with E-state index in [0.717, 1.165) is 57.8 Å². The Kier molecular flexibility index (Phi) is 22.7. The lowest BCUT2D eigenvalue weighted by Gasteiger charge is -2.18. The second kappa shape index (κ2) is 23.6. The summed E-state index contributed by atoms with van der Waals surface area (Å²) in [7, 11) is 1.70. The molecule has 0 bridgehead atoms. The highest BCUT2D eigenvalue weighted by molar-refractivity contribution is 5.70. The van der Waals surface area contributed by atoms with Crippen LogP contribution in [0, 0.1) is 0 Å². The third-order valence-electron chi connectivity index (χ3n) is 5.58. The van der Waals surface area contributed by atoms with Crippen LogP contribution in [-0.2, 0) is 23.8 Å². The van der Waals surface area contributed by atoms with Crippen LogP contribution in [0.1, 0.15) is 129 Å². The minimum atomic E-state index is -0.110. The first kappa shape index (κ1) is 29.9. The van der Waals surface area contributed by atoms with E-state index in [9.17, 15) is 9.59 Å². The Morgan fingerprint density at radius 3 is 1.84 bits per heavy atom. The van der Waals surface area contributed by atoms with E-state index in [4.69, 9.17) is 14.2 Å². The summed E-state index contributed by atoms with van der Waals surface area (Å²) in [6, 6.07) is 0. The van der Waals surface area contributed by atoms with Crippen LogP contribution >= 0.6 is 0 Å². The van der Waals surface area contributed by atoms with Crippen LogP contribution < -0.4 is 0 Å². The molecule has 0 saturated carbocycles. The maximum Gasteiger partial charge on any atom is 0.306 e. The quantitative estimate of drug-likeness (QED) is 0.124. The molecule has 0 aliphatic heterocycles. The highest BCUT2D eigenvalue weighted by Crippen LogP contribution is 2.15. The van der Waals surface area contributed by atoms with E-state index >= 15 is 0 Å². The van der Waals surface area contributed by atoms with E-state index in [2.05, 4.69) is 13.8 Å². The van der Waals surface area contributed by atoms with Crippen molar-refractivity contribution in [1.82, 2.24) is 0 Å². The lowest BCUT2D eigenvalue weighted by molar-refractivity contribution is -0.150. The molecule has 0 aliphatic rings. The van der Waals surface area contributed by atoms with E-state index in [0.29, 0.717) is 26.1 Å². The molecule has 0 aromatic rings. The zero-order valence-electron chi connectivity index (χ0n) is 20.8. The Balaban J connectivity index is 3.77. The van der Waals surface area contributed by atoms with Crippen molar-refractivity contribution in [2.45, 2.75) is 136 Å². The predicted octanol–water partition coefficient (Wildman–Crippen LogP) is 7.15. The summed E-state index contributed by atoms with van der Waals surface area (Å²) in [4.78, 5) is 24.0. The van der Waals surface area contributed by atoms with Crippen LogP contribution in [0.2, 0.25) is 0 Å². The molecule has 0 aliphatic carbocycles. The Labute approximate surface area is 192 Å². The average molecular weight is 443 g/mol. The fourth-order valence-corrected chi connectivity index (χ4v) is 3.62. The number of rotatable bonds is 23. The van der Waals surface area contributed by atoms with Crippen molar-refractivity contribution in [3.8, 4) is 0 Å². The Morgan fingerprint density at radius 2 is 1.16 bits per heavy atom. The van der Waals surface area contributed by atoms with Gasteiger partial charge in [0.05, 0.1) is 6.61 Å². The molecular weight excluding hydrogens is 392 g/mol. The van der Waals surface area contributed by atoms with Gasteiger partial charge in [-0.1, -0.05) is 71.6 Å². The standard InChI is InChI=1S/C26H50O5/c1-4-6-8-10-11-16-23-30-25(27)20-14-12-15-21-26(28)31-24(19-17-22-29-3)18-13-9-7-5-2/h24H,4-23H2,1-3H3. The molecule has 0 aromatic carbocycles. The number of hydrogen-bond acceptors (Lipinski definition) is 5. The highest BCUT2D eigenvalue weighted by atomic mass is 16.5. The molecule has 5 heteroatoms. The van der Waals surface area contributed by atoms with Crippen molar-refractivity contribution in [2.75, 3.05) is 20.3 Å². The second-order valence-corrected chi connectivity index (χ2v) is 8.65. The molecule has 1 unspecified atom stereocenters. The summed E-state index contributed by atoms with van der Waals surface area (Å²) < 4.78 is 16.1. The van der Waals surface area contributed by atoms with Crippen molar-refractivity contribution < 1.29 is 23.8 Å². The molecular formula is C26H50O5. The fraction of sp³-hybridized carbons (Fsp3) is 0.923. The Hall–Kier alpha value is -1.10. The summed E-state index contributed by atoms with van der Waals surface area (Å²) in [5.41, 5.74) is 0. The lowest BCUT2D eigenvalue weighted by atomic mass is 10.1. The molecule has 0 heterocycles. The number of ether oxygens (including phenoxy) is 3. The summed E-state index contributed by atoms with van der Waals surface area (Å²) in [6.45, 7) is 5.66. The number of esters is 2. The van der Waals surface area contributed by atoms with Gasteiger partial charge in [0.15, 0.2) is 0 Å². The van der Waals surface area contributed by atoms with Gasteiger partial charge in [-0.15, -0.1) is 0 Å². The SMILES string of the molecule is CCCCCCCCOC(=O)CCCCCC(=O)OC(CCCCCC)CCCOC. The molecule has 5 nitrogen and oxygen atoms in total. The summed E-state index contributed by atoms with van der Waals surface area (Å²) in [5.74, 6) is -0.218. The van der Waals surface area contributed by atoms with Gasteiger partial charge < -0.3 is 14.2 Å². The van der Waals surface area contributed by atoms with Crippen LogP contribution in [0.3, 0.4) is 0 Å². The predicted molar refractivity (Wildman–Crippen MR) is 127 cm³/mol. The van der Waals surface area contributed by atoms with Gasteiger partial charge >= 0.3 is 11.9 Å². The van der Waals surface area contributed by atoms with Gasteiger partial charge in [0.25, 0.3) is 0 Å². The van der Waals surface area contributed by atoms with Crippen LogP contribution in [-0.4, -0.2) is 38.4 Å². The van der Waals surface area contributed by atoms with Crippen molar-refractivity contribution in [3.05, 3.63) is 0 Å². The van der Waals surface area contributed by atoms with Crippen LogP contribution in [0.5, 0.6) is 0 Å². The molecule has 1 atom stereocenters. The topological polar surface area (TPSA) is 61.8 Å². The smallest absolute Gasteiger partial charge is 0.306 e. The molecule has 0 N–H and O–H groups in total. The van der Waals surface area contributed by atoms with Gasteiger partial charge in [0, 0.05) is 26.6 Å². The lowest BCUT2D eigenvalue weighted by Crippen LogP contribution is -2.19. The normalized spacial score (nSPS) is 12.0. The molecule has 0 saturated heterocycles. The number of unbranched alkanes of at least 4 members (excludes halogenated alkanes) is 10. The molecule has 0 aromatic heterocycles. The minimum Gasteiger partial charge on any atom is -0.466 e. The first-order chi connectivity index (χ1) is 15.1. The third-order valence-corrected chi connectivity index (χ3v) is 5.58. The van der Waals surface area contributed by atoms with E-state index in [1.807, 2.05) is 0 Å². The highest BCUT2D eigenvalue weighted by Gasteiger charge is 2.14. The van der Waals surface area contributed by atoms with E-state index < -0.39 is 0 Å². The third kappa shape index (κ3) is 21.9. The van der Waals surface area contributed by atoms with Gasteiger partial charge in [-0.3, -0.25) is 9.59 Å². The molecule has 0 rings (SSSR count). The zero-order valence-corrected chi connectivity index (χ0v) is 20.8. The van der Waals surface area contributed by atoms with Crippen molar-refractivity contribution >= 4 is 11.9 Å². The van der Waals surface area contributed by atoms with E-state index in [1.165, 1.54) is 44.9 Å². The number of methoxy groups -OCH3 is 1. The molecule has 0 spiro atoms. The fourth-order valence-electron chi connectivity index (χ4n) is 3.62. The summed E-state index contributed by atoms with van der Waals surface area (Å²) >= 11 is 0. The van der Waals surface area contributed by atoms with Crippen molar-refractivity contribution in [1.29, 1.82) is 0 Å². The van der Waals surface area contributed by atoms with Crippen LogP contribution in [0.25, 0.3) is 0 Å². The maximum absolute atomic E-state index is 12.2. The molecule has 0 radical (unpaired) electrons. The van der Waals surface area contributed by atoms with Crippen LogP contribution in [0.4, 0.5) is 0 Å². The maximum atomic E-state index is 12.2. The first-order valence-corrected chi connectivity index (χ1v) is 13.0. The zero-order chi connectivity index (χ0) is 23.0. The van der Waals surface area contributed by atoms with Crippen LogP contribution in [0.15, 0.2) is 0 Å². The van der Waals surface area contributed by atoms with E-state index in [1.54, 1.807) is 7.11 Å². The first-order valence-electron chi connectivity index (χ1n) is 13.0. The van der Waals surface area contributed by atoms with Crippen molar-refractivity contribution in [3.63, 3.8) is 0 Å². The number of carbonyl (C=O) groups is 2. The van der Waals surface area contributed by atoms with Gasteiger partial charge in [-0.2, -0.15) is 0 Å². The van der Waals surface area contributed by atoms with Gasteiger partial charge in [0.2, 0.25) is 0 Å². The Morgan fingerprint density at radius 1 is 0.613 bits per heavy atom. The summed E-state index contributed by atoms with van der Waals surface area (Å²) in [6.07, 6.45) is 17.9. The van der Waals surface area contributed by atoms with Gasteiger partial charge in [0.1, 0.15) is 6.10 Å². The molecule has 184 valence electrons. The Bertz CT molecular complexity index is 411. The monoisotopic (exact) mass is 442 g/mol. The van der Waals surface area contributed by atoms with Gasteiger partial charge in [-0.05, 0) is 44.9 Å². The minimum absolute atomic E-state index is 0.0106. The molecule has 0 amide bonds. The second-order valence-electron chi connectivity index (χ2n) is 8.65. The molecule has 0 fully saturated rings.